The average Bonchev–Trinajstić information content (AvgIpc) is 2.83. The van der Waals surface area contributed by atoms with Crippen molar-refractivity contribution in [2.45, 2.75) is 45.9 Å². The van der Waals surface area contributed by atoms with E-state index in [-0.39, 0.29) is 11.9 Å². The molecule has 128 valence electrons. The van der Waals surface area contributed by atoms with Gasteiger partial charge in [0.25, 0.3) is 0 Å². The molecule has 6 nitrogen and oxygen atoms in total. The van der Waals surface area contributed by atoms with Crippen LogP contribution >= 0.6 is 0 Å². The largest absolute Gasteiger partial charge is 0.377 e. The Morgan fingerprint density at radius 1 is 1.25 bits per heavy atom. The third-order valence-electron chi connectivity index (χ3n) is 4.55. The predicted octanol–water partition coefficient (Wildman–Crippen LogP) is 1.75. The molecule has 1 aliphatic heterocycles. The molecule has 1 atom stereocenters. The van der Waals surface area contributed by atoms with Crippen molar-refractivity contribution in [1.82, 2.24) is 19.7 Å². The van der Waals surface area contributed by atoms with Crippen LogP contribution in [0.15, 0.2) is 24.3 Å². The molecule has 3 rings (SSSR count). The van der Waals surface area contributed by atoms with Crippen LogP contribution in [0.3, 0.4) is 0 Å². The smallest absolute Gasteiger partial charge is 0.227 e. The number of hydrogen-bond acceptors (Lipinski definition) is 4. The van der Waals surface area contributed by atoms with Gasteiger partial charge in [-0.15, -0.1) is 10.2 Å². The molecule has 1 aliphatic rings. The summed E-state index contributed by atoms with van der Waals surface area (Å²) in [6, 6.07) is 8.27. The Kier molecular flexibility index (Phi) is 4.94. The maximum absolute atomic E-state index is 12.8. The zero-order chi connectivity index (χ0) is 17.1. The second-order valence-corrected chi connectivity index (χ2v) is 6.42. The molecule has 0 saturated carbocycles. The fourth-order valence-corrected chi connectivity index (χ4v) is 3.17. The van der Waals surface area contributed by atoms with Crippen LogP contribution in [0, 0.1) is 6.92 Å². The van der Waals surface area contributed by atoms with Gasteiger partial charge in [0.1, 0.15) is 12.4 Å². The number of nitrogens with zero attached hydrogens (tertiary/aromatic N) is 4. The lowest BCUT2D eigenvalue weighted by atomic mass is 10.1. The van der Waals surface area contributed by atoms with Crippen LogP contribution < -0.4 is 0 Å². The van der Waals surface area contributed by atoms with E-state index in [9.17, 15) is 4.79 Å². The Bertz CT molecular complexity index is 708. The summed E-state index contributed by atoms with van der Waals surface area (Å²) in [6.07, 6.45) is 1.16. The van der Waals surface area contributed by atoms with E-state index in [0.717, 1.165) is 23.6 Å². The first-order chi connectivity index (χ1) is 11.6. The highest BCUT2D eigenvalue weighted by Crippen LogP contribution is 2.17. The molecule has 0 N–H and O–H groups in total. The van der Waals surface area contributed by atoms with Crippen LogP contribution in [0.1, 0.15) is 29.7 Å². The number of methoxy groups -OCH3 is 1. The SMILES string of the molecule is COCc1nnc2n1CCN(C(=O)Cc1ccc(C)cc1)[C@@H](C)C2. The molecule has 0 radical (unpaired) electrons. The number of aromatic nitrogens is 3. The first-order valence-corrected chi connectivity index (χ1v) is 8.33. The minimum atomic E-state index is 0.115. The maximum Gasteiger partial charge on any atom is 0.227 e. The normalized spacial score (nSPS) is 17.5. The lowest BCUT2D eigenvalue weighted by molar-refractivity contribution is -0.132. The summed E-state index contributed by atoms with van der Waals surface area (Å²) in [6.45, 7) is 5.96. The highest BCUT2D eigenvalue weighted by atomic mass is 16.5. The average molecular weight is 328 g/mol. The molecular formula is C18H24N4O2. The molecule has 0 aliphatic carbocycles. The van der Waals surface area contributed by atoms with E-state index in [0.29, 0.717) is 26.1 Å². The summed E-state index contributed by atoms with van der Waals surface area (Å²) in [4.78, 5) is 14.7. The lowest BCUT2D eigenvalue weighted by Gasteiger charge is -2.26. The fraction of sp³-hybridized carbons (Fsp3) is 0.500. The summed E-state index contributed by atoms with van der Waals surface area (Å²) >= 11 is 0. The van der Waals surface area contributed by atoms with Gasteiger partial charge in [-0.25, -0.2) is 0 Å². The van der Waals surface area contributed by atoms with Gasteiger partial charge in [-0.2, -0.15) is 0 Å². The number of fused-ring (bicyclic) bond motifs is 1. The topological polar surface area (TPSA) is 60.3 Å². The van der Waals surface area contributed by atoms with Crippen molar-refractivity contribution >= 4 is 5.91 Å². The Morgan fingerprint density at radius 3 is 2.71 bits per heavy atom. The van der Waals surface area contributed by atoms with Gasteiger partial charge in [0.05, 0.1) is 6.42 Å². The van der Waals surface area contributed by atoms with Crippen molar-refractivity contribution < 1.29 is 9.53 Å². The van der Waals surface area contributed by atoms with Gasteiger partial charge in [0, 0.05) is 32.7 Å². The third-order valence-corrected chi connectivity index (χ3v) is 4.55. The van der Waals surface area contributed by atoms with Crippen LogP contribution in [0.25, 0.3) is 0 Å². The third kappa shape index (κ3) is 3.48. The minimum absolute atomic E-state index is 0.115. The molecule has 1 amide bonds. The van der Waals surface area contributed by atoms with Crippen molar-refractivity contribution in [3.05, 3.63) is 47.0 Å². The Hall–Kier alpha value is -2.21. The molecule has 1 aromatic heterocycles. The Labute approximate surface area is 142 Å². The molecular weight excluding hydrogens is 304 g/mol. The van der Waals surface area contributed by atoms with Gasteiger partial charge in [-0.05, 0) is 19.4 Å². The number of amides is 1. The number of ether oxygens (including phenoxy) is 1. The first-order valence-electron chi connectivity index (χ1n) is 8.33. The van der Waals surface area contributed by atoms with E-state index in [1.54, 1.807) is 7.11 Å². The van der Waals surface area contributed by atoms with Gasteiger partial charge in [-0.1, -0.05) is 29.8 Å². The Morgan fingerprint density at radius 2 is 2.00 bits per heavy atom. The van der Waals surface area contributed by atoms with Gasteiger partial charge >= 0.3 is 0 Å². The van der Waals surface area contributed by atoms with Crippen molar-refractivity contribution in [3.63, 3.8) is 0 Å². The van der Waals surface area contributed by atoms with Crippen molar-refractivity contribution in [2.75, 3.05) is 13.7 Å². The molecule has 1 aromatic carbocycles. The summed E-state index contributed by atoms with van der Waals surface area (Å²) in [5, 5.41) is 8.46. The number of carbonyl (C=O) groups is 1. The second-order valence-electron chi connectivity index (χ2n) is 6.42. The number of aryl methyl sites for hydroxylation is 1. The van der Waals surface area contributed by atoms with Gasteiger partial charge in [0.2, 0.25) is 5.91 Å². The molecule has 0 fully saturated rings. The zero-order valence-corrected chi connectivity index (χ0v) is 14.5. The molecule has 2 heterocycles. The summed E-state index contributed by atoms with van der Waals surface area (Å²) in [7, 11) is 1.65. The van der Waals surface area contributed by atoms with E-state index in [1.807, 2.05) is 29.2 Å². The predicted molar refractivity (Wildman–Crippen MR) is 90.5 cm³/mol. The van der Waals surface area contributed by atoms with E-state index in [4.69, 9.17) is 4.74 Å². The van der Waals surface area contributed by atoms with Gasteiger partial charge in [-0.3, -0.25) is 4.79 Å². The van der Waals surface area contributed by atoms with Crippen LogP contribution in [0.4, 0.5) is 0 Å². The van der Waals surface area contributed by atoms with E-state index < -0.39 is 0 Å². The molecule has 0 unspecified atom stereocenters. The number of carbonyl (C=O) groups excluding carboxylic acids is 1. The summed E-state index contributed by atoms with van der Waals surface area (Å²) < 4.78 is 7.26. The van der Waals surface area contributed by atoms with E-state index in [2.05, 4.69) is 28.6 Å². The summed E-state index contributed by atoms with van der Waals surface area (Å²) in [5.41, 5.74) is 2.26. The molecule has 0 saturated heterocycles. The maximum atomic E-state index is 12.8. The van der Waals surface area contributed by atoms with Crippen molar-refractivity contribution in [3.8, 4) is 0 Å². The number of rotatable bonds is 4. The highest BCUT2D eigenvalue weighted by Gasteiger charge is 2.27. The molecule has 6 heteroatoms. The molecule has 0 bridgehead atoms. The number of benzene rings is 1. The van der Waals surface area contributed by atoms with Crippen LogP contribution in [-0.4, -0.2) is 45.3 Å². The summed E-state index contributed by atoms with van der Waals surface area (Å²) in [5.74, 6) is 1.92. The molecule has 24 heavy (non-hydrogen) atoms. The van der Waals surface area contributed by atoms with E-state index >= 15 is 0 Å². The second kappa shape index (κ2) is 7.13. The Balaban J connectivity index is 1.71. The van der Waals surface area contributed by atoms with Crippen molar-refractivity contribution in [2.24, 2.45) is 0 Å². The van der Waals surface area contributed by atoms with Crippen LogP contribution in [0.2, 0.25) is 0 Å². The van der Waals surface area contributed by atoms with Crippen LogP contribution in [0.5, 0.6) is 0 Å². The zero-order valence-electron chi connectivity index (χ0n) is 14.5. The van der Waals surface area contributed by atoms with Crippen LogP contribution in [-0.2, 0) is 35.5 Å². The lowest BCUT2D eigenvalue weighted by Crippen LogP contribution is -2.41. The standard InChI is InChI=1S/C18H24N4O2/c1-13-4-6-15(7-5-13)11-18(23)21-8-9-22-16(10-14(21)2)19-20-17(22)12-24-3/h4-7,14H,8-12H2,1-3H3/t14-/m0/s1. The van der Waals surface area contributed by atoms with Gasteiger partial charge in [0.15, 0.2) is 5.82 Å². The molecule has 0 spiro atoms. The molecule has 2 aromatic rings. The van der Waals surface area contributed by atoms with E-state index in [1.165, 1.54) is 5.56 Å². The monoisotopic (exact) mass is 328 g/mol. The first kappa shape index (κ1) is 16.6. The number of hydrogen-bond donors (Lipinski definition) is 0. The highest BCUT2D eigenvalue weighted by molar-refractivity contribution is 5.79. The quantitative estimate of drug-likeness (QED) is 0.858. The minimum Gasteiger partial charge on any atom is -0.377 e. The fourth-order valence-electron chi connectivity index (χ4n) is 3.17. The van der Waals surface area contributed by atoms with Crippen molar-refractivity contribution in [1.29, 1.82) is 0 Å². The van der Waals surface area contributed by atoms with Gasteiger partial charge < -0.3 is 14.2 Å².